The lowest BCUT2D eigenvalue weighted by molar-refractivity contribution is -0.123. The van der Waals surface area contributed by atoms with Crippen LogP contribution in [0.15, 0.2) is 24.3 Å². The van der Waals surface area contributed by atoms with Crippen LogP contribution in [0.1, 0.15) is 25.3 Å². The number of carbonyl (C=O) groups excluding carboxylic acids is 1. The summed E-state index contributed by atoms with van der Waals surface area (Å²) in [6.07, 6.45) is 2.94. The van der Waals surface area contributed by atoms with Gasteiger partial charge in [0.05, 0.1) is 6.04 Å². The number of anilines is 1. The second-order valence-corrected chi connectivity index (χ2v) is 6.21. The monoisotopic (exact) mass is 288 g/mol. The summed E-state index contributed by atoms with van der Waals surface area (Å²) in [5, 5.41) is 9.21. The van der Waals surface area contributed by atoms with Crippen LogP contribution in [0.4, 0.5) is 5.69 Å². The number of likely N-dealkylation sites (tertiary alicyclic amines) is 1. The van der Waals surface area contributed by atoms with Crippen LogP contribution in [0.25, 0.3) is 0 Å². The molecule has 0 bridgehead atoms. The minimum Gasteiger partial charge on any atom is -0.396 e. The zero-order valence-corrected chi connectivity index (χ0v) is 12.7. The van der Waals surface area contributed by atoms with E-state index in [1.165, 1.54) is 5.56 Å². The predicted octanol–water partition coefficient (Wildman–Crippen LogP) is 1.67. The van der Waals surface area contributed by atoms with Crippen molar-refractivity contribution in [3.63, 3.8) is 0 Å². The van der Waals surface area contributed by atoms with Crippen LogP contribution in [-0.4, -0.2) is 48.2 Å². The molecule has 114 valence electrons. The first-order valence-electron chi connectivity index (χ1n) is 7.95. The molecule has 2 aliphatic rings. The number of fused-ring (bicyclic) bond motifs is 1. The number of hydrogen-bond acceptors (Lipinski definition) is 3. The molecule has 4 nitrogen and oxygen atoms in total. The number of amides is 1. The van der Waals surface area contributed by atoms with Gasteiger partial charge in [0, 0.05) is 18.8 Å². The van der Waals surface area contributed by atoms with Gasteiger partial charge in [0.25, 0.3) is 0 Å². The van der Waals surface area contributed by atoms with Crippen molar-refractivity contribution in [2.45, 2.75) is 32.2 Å². The first-order valence-corrected chi connectivity index (χ1v) is 7.95. The summed E-state index contributed by atoms with van der Waals surface area (Å²) in [7, 11) is 0. The zero-order chi connectivity index (χ0) is 14.8. The van der Waals surface area contributed by atoms with Crippen LogP contribution in [-0.2, 0) is 11.2 Å². The number of piperidine rings is 1. The Bertz CT molecular complexity index is 509. The minimum atomic E-state index is -0.0733. The third kappa shape index (κ3) is 2.83. The molecule has 1 atom stereocenters. The topological polar surface area (TPSA) is 43.8 Å². The zero-order valence-electron chi connectivity index (χ0n) is 12.7. The smallest absolute Gasteiger partial charge is 0.244 e. The average Bonchev–Trinajstić information content (AvgIpc) is 2.97. The van der Waals surface area contributed by atoms with E-state index in [1.54, 1.807) is 0 Å². The molecule has 0 aliphatic carbocycles. The molecule has 1 N–H and O–H groups in total. The second kappa shape index (κ2) is 6.16. The fraction of sp³-hybridized carbons (Fsp3) is 0.588. The van der Waals surface area contributed by atoms with Gasteiger partial charge in [-0.25, -0.2) is 0 Å². The highest BCUT2D eigenvalue weighted by Gasteiger charge is 2.32. The van der Waals surface area contributed by atoms with E-state index in [0.29, 0.717) is 5.92 Å². The lowest BCUT2D eigenvalue weighted by Crippen LogP contribution is -2.49. The molecule has 1 fully saturated rings. The maximum Gasteiger partial charge on any atom is 0.244 e. The summed E-state index contributed by atoms with van der Waals surface area (Å²) in [6, 6.07) is 8.12. The van der Waals surface area contributed by atoms with E-state index in [9.17, 15) is 9.90 Å². The fourth-order valence-corrected chi connectivity index (χ4v) is 3.47. The molecule has 1 aromatic carbocycles. The highest BCUT2D eigenvalue weighted by Crippen LogP contribution is 2.29. The molecule has 2 heterocycles. The van der Waals surface area contributed by atoms with E-state index in [2.05, 4.69) is 11.0 Å². The summed E-state index contributed by atoms with van der Waals surface area (Å²) in [5.41, 5.74) is 2.36. The van der Waals surface area contributed by atoms with Gasteiger partial charge in [0.2, 0.25) is 5.91 Å². The Balaban J connectivity index is 1.66. The summed E-state index contributed by atoms with van der Waals surface area (Å²) in [6.45, 7) is 4.91. The van der Waals surface area contributed by atoms with Gasteiger partial charge in [-0.1, -0.05) is 18.2 Å². The van der Waals surface area contributed by atoms with Crippen LogP contribution in [0.2, 0.25) is 0 Å². The SMILES string of the molecule is C[C@@H](C(=O)N1CCc2ccccc21)N1CCC(CO)CC1. The number of carbonyl (C=O) groups is 1. The average molecular weight is 288 g/mol. The van der Waals surface area contributed by atoms with Crippen LogP contribution >= 0.6 is 0 Å². The Morgan fingerprint density at radius 2 is 2.00 bits per heavy atom. The van der Waals surface area contributed by atoms with Crippen molar-refractivity contribution < 1.29 is 9.90 Å². The lowest BCUT2D eigenvalue weighted by atomic mass is 9.96. The standard InChI is InChI=1S/C17H24N2O2/c1-13(18-9-6-14(12-20)7-10-18)17(21)19-11-8-15-4-2-3-5-16(15)19/h2-5,13-14,20H,6-12H2,1H3/t13-/m0/s1. The van der Waals surface area contributed by atoms with Crippen molar-refractivity contribution in [2.75, 3.05) is 31.1 Å². The molecule has 1 saturated heterocycles. The second-order valence-electron chi connectivity index (χ2n) is 6.21. The molecule has 21 heavy (non-hydrogen) atoms. The largest absolute Gasteiger partial charge is 0.396 e. The summed E-state index contributed by atoms with van der Waals surface area (Å²) in [4.78, 5) is 17.0. The summed E-state index contributed by atoms with van der Waals surface area (Å²) >= 11 is 0. The maximum atomic E-state index is 12.8. The first-order chi connectivity index (χ1) is 10.2. The van der Waals surface area contributed by atoms with E-state index in [-0.39, 0.29) is 18.6 Å². The third-order valence-electron chi connectivity index (χ3n) is 4.97. The molecule has 4 heteroatoms. The van der Waals surface area contributed by atoms with Crippen molar-refractivity contribution >= 4 is 11.6 Å². The van der Waals surface area contributed by atoms with Gasteiger partial charge < -0.3 is 10.0 Å². The van der Waals surface area contributed by atoms with Crippen molar-refractivity contribution in [1.29, 1.82) is 0 Å². The van der Waals surface area contributed by atoms with Gasteiger partial charge in [0.15, 0.2) is 0 Å². The van der Waals surface area contributed by atoms with Gasteiger partial charge in [0.1, 0.15) is 0 Å². The number of benzene rings is 1. The molecule has 0 aromatic heterocycles. The van der Waals surface area contributed by atoms with Gasteiger partial charge in [-0.05, 0) is 56.8 Å². The number of nitrogens with zero attached hydrogens (tertiary/aromatic N) is 2. The molecule has 3 rings (SSSR count). The van der Waals surface area contributed by atoms with E-state index in [0.717, 1.165) is 44.6 Å². The van der Waals surface area contributed by atoms with E-state index in [1.807, 2.05) is 30.0 Å². The van der Waals surface area contributed by atoms with Crippen LogP contribution < -0.4 is 4.90 Å². The Hall–Kier alpha value is -1.39. The highest BCUT2D eigenvalue weighted by molar-refractivity contribution is 5.98. The van der Waals surface area contributed by atoms with Crippen molar-refractivity contribution in [2.24, 2.45) is 5.92 Å². The predicted molar refractivity (Wildman–Crippen MR) is 83.3 cm³/mol. The number of aliphatic hydroxyl groups excluding tert-OH is 1. The minimum absolute atomic E-state index is 0.0733. The molecule has 1 aromatic rings. The van der Waals surface area contributed by atoms with Crippen molar-refractivity contribution in [3.8, 4) is 0 Å². The number of rotatable bonds is 3. The van der Waals surface area contributed by atoms with Crippen molar-refractivity contribution in [1.82, 2.24) is 4.90 Å². The molecule has 0 saturated carbocycles. The van der Waals surface area contributed by atoms with E-state index in [4.69, 9.17) is 0 Å². The Labute approximate surface area is 126 Å². The molecule has 0 unspecified atom stereocenters. The van der Waals surface area contributed by atoms with Crippen LogP contribution in [0, 0.1) is 5.92 Å². The van der Waals surface area contributed by atoms with Crippen LogP contribution in [0.3, 0.4) is 0 Å². The quantitative estimate of drug-likeness (QED) is 0.920. The maximum absolute atomic E-state index is 12.8. The van der Waals surface area contributed by atoms with Crippen molar-refractivity contribution in [3.05, 3.63) is 29.8 Å². The molecular weight excluding hydrogens is 264 g/mol. The van der Waals surface area contributed by atoms with E-state index < -0.39 is 0 Å². The summed E-state index contributed by atoms with van der Waals surface area (Å²) < 4.78 is 0. The summed E-state index contributed by atoms with van der Waals surface area (Å²) in [5.74, 6) is 0.624. The molecule has 0 spiro atoms. The van der Waals surface area contributed by atoms with Gasteiger partial charge >= 0.3 is 0 Å². The Morgan fingerprint density at radius 3 is 2.71 bits per heavy atom. The van der Waals surface area contributed by atoms with E-state index >= 15 is 0 Å². The fourth-order valence-electron chi connectivity index (χ4n) is 3.47. The molecule has 1 amide bonds. The molecule has 2 aliphatic heterocycles. The van der Waals surface area contributed by atoms with Gasteiger partial charge in [-0.3, -0.25) is 9.69 Å². The van der Waals surface area contributed by atoms with Gasteiger partial charge in [-0.15, -0.1) is 0 Å². The number of para-hydroxylation sites is 1. The third-order valence-corrected chi connectivity index (χ3v) is 4.97. The lowest BCUT2D eigenvalue weighted by Gasteiger charge is -2.36. The molecule has 0 radical (unpaired) electrons. The highest BCUT2D eigenvalue weighted by atomic mass is 16.3. The number of hydrogen-bond donors (Lipinski definition) is 1. The number of aliphatic hydroxyl groups is 1. The normalized spacial score (nSPS) is 21.3. The Morgan fingerprint density at radius 1 is 1.29 bits per heavy atom. The van der Waals surface area contributed by atoms with Crippen LogP contribution in [0.5, 0.6) is 0 Å². The van der Waals surface area contributed by atoms with Gasteiger partial charge in [-0.2, -0.15) is 0 Å². The molecular formula is C17H24N2O2. The Kier molecular flexibility index (Phi) is 4.27. The first kappa shape index (κ1) is 14.5.